The monoisotopic (exact) mass is 405 g/mol. The fourth-order valence-electron chi connectivity index (χ4n) is 2.60. The first-order valence-corrected chi connectivity index (χ1v) is 9.32. The minimum Gasteiger partial charge on any atom is -0.491 e. The second-order valence-electron chi connectivity index (χ2n) is 6.03. The lowest BCUT2D eigenvalue weighted by Crippen LogP contribution is -2.30. The van der Waals surface area contributed by atoms with Crippen molar-refractivity contribution in [1.29, 1.82) is 0 Å². The first-order valence-electron chi connectivity index (χ1n) is 8.33. The van der Waals surface area contributed by atoms with E-state index >= 15 is 0 Å². The van der Waals surface area contributed by atoms with E-state index in [1.54, 1.807) is 12.1 Å². The Hall–Kier alpha value is -3.05. The van der Waals surface area contributed by atoms with Crippen molar-refractivity contribution in [3.8, 4) is 5.75 Å². The molecule has 3 rings (SSSR count). The molecule has 0 saturated carbocycles. The number of imidazole rings is 1. The van der Waals surface area contributed by atoms with E-state index in [1.807, 2.05) is 18.2 Å². The van der Waals surface area contributed by atoms with Gasteiger partial charge in [0.2, 0.25) is 5.91 Å². The smallest absolute Gasteiger partial charge is 0.329 e. The number of nitrogens with zero attached hydrogens (tertiary/aromatic N) is 3. The molecule has 1 amide bonds. The Bertz CT molecular complexity index is 1100. The quantitative estimate of drug-likeness (QED) is 0.426. The first kappa shape index (κ1) is 19.7. The van der Waals surface area contributed by atoms with Gasteiger partial charge in [0.15, 0.2) is 16.3 Å². The Labute approximate surface area is 163 Å². The summed E-state index contributed by atoms with van der Waals surface area (Å²) < 4.78 is 8.18. The molecule has 28 heavy (non-hydrogen) atoms. The third-order valence-electron chi connectivity index (χ3n) is 3.89. The molecule has 0 fully saturated rings. The number of rotatable bonds is 8. The number of thioether (sulfide) groups is 1. The van der Waals surface area contributed by atoms with Gasteiger partial charge in [0.25, 0.3) is 5.56 Å². The number of ether oxygens (including phenoxy) is 1. The third kappa shape index (κ3) is 4.26. The van der Waals surface area contributed by atoms with Crippen LogP contribution in [0.15, 0.2) is 45.1 Å². The van der Waals surface area contributed by atoms with Crippen molar-refractivity contribution in [2.75, 3.05) is 12.4 Å². The summed E-state index contributed by atoms with van der Waals surface area (Å²) in [5.74, 6) is -0.0221. The molecule has 0 spiro atoms. The van der Waals surface area contributed by atoms with Gasteiger partial charge < -0.3 is 20.1 Å². The average Bonchev–Trinajstić information content (AvgIpc) is 3.02. The highest BCUT2D eigenvalue weighted by atomic mass is 32.2. The molecule has 148 valence electrons. The summed E-state index contributed by atoms with van der Waals surface area (Å²) >= 11 is 1.02. The minimum atomic E-state index is -0.970. The van der Waals surface area contributed by atoms with E-state index in [1.165, 1.54) is 16.2 Å². The van der Waals surface area contributed by atoms with Crippen molar-refractivity contribution in [2.24, 2.45) is 12.8 Å². The normalized spacial score (nSPS) is 12.2. The number of primary amides is 1. The molecule has 0 saturated heterocycles. The van der Waals surface area contributed by atoms with Crippen LogP contribution in [0.4, 0.5) is 0 Å². The van der Waals surface area contributed by atoms with Crippen LogP contribution in [0.3, 0.4) is 0 Å². The number of hydrogen-bond donors (Lipinski definition) is 3. The van der Waals surface area contributed by atoms with Crippen LogP contribution in [-0.2, 0) is 18.4 Å². The Morgan fingerprint density at radius 2 is 2.07 bits per heavy atom. The molecule has 0 aliphatic heterocycles. The number of aromatic nitrogens is 4. The molecule has 1 unspecified atom stereocenters. The van der Waals surface area contributed by atoms with Gasteiger partial charge in [-0.25, -0.2) is 9.78 Å². The van der Waals surface area contributed by atoms with Gasteiger partial charge in [-0.1, -0.05) is 30.0 Å². The number of hydrogen-bond acceptors (Lipinski definition) is 7. The number of aliphatic hydroxyl groups is 1. The van der Waals surface area contributed by atoms with Gasteiger partial charge >= 0.3 is 5.69 Å². The van der Waals surface area contributed by atoms with Crippen LogP contribution < -0.4 is 21.7 Å². The maximum absolute atomic E-state index is 12.3. The van der Waals surface area contributed by atoms with Gasteiger partial charge in [0, 0.05) is 7.05 Å². The first-order chi connectivity index (χ1) is 13.4. The minimum absolute atomic E-state index is 0.0206. The van der Waals surface area contributed by atoms with E-state index in [-0.39, 0.29) is 30.1 Å². The maximum atomic E-state index is 12.3. The molecule has 0 aliphatic carbocycles. The molecule has 10 nitrogen and oxygen atoms in total. The lowest BCUT2D eigenvalue weighted by molar-refractivity contribution is -0.115. The molecule has 0 bridgehead atoms. The predicted molar refractivity (Wildman–Crippen MR) is 103 cm³/mol. The lowest BCUT2D eigenvalue weighted by Gasteiger charge is -2.15. The molecule has 4 N–H and O–H groups in total. The number of aromatic amines is 1. The average molecular weight is 405 g/mol. The number of nitrogens with one attached hydrogen (secondary N) is 1. The van der Waals surface area contributed by atoms with E-state index in [9.17, 15) is 19.5 Å². The predicted octanol–water partition coefficient (Wildman–Crippen LogP) is -0.559. The molecule has 1 aromatic carbocycles. The number of nitrogens with two attached hydrogens (primary N) is 1. The second-order valence-corrected chi connectivity index (χ2v) is 6.97. The fourth-order valence-corrected chi connectivity index (χ4v) is 3.35. The fraction of sp³-hybridized carbons (Fsp3) is 0.294. The topological polar surface area (TPSA) is 145 Å². The Morgan fingerprint density at radius 3 is 2.75 bits per heavy atom. The highest BCUT2D eigenvalue weighted by Crippen LogP contribution is 2.22. The van der Waals surface area contributed by atoms with E-state index in [0.717, 1.165) is 11.8 Å². The molecular formula is C17H19N5O5S. The molecule has 11 heteroatoms. The van der Waals surface area contributed by atoms with Crippen LogP contribution in [0.1, 0.15) is 0 Å². The van der Waals surface area contributed by atoms with Crippen molar-refractivity contribution in [3.05, 3.63) is 51.2 Å². The summed E-state index contributed by atoms with van der Waals surface area (Å²) in [6, 6.07) is 8.98. The number of carbonyl (C=O) groups excluding carboxylic acids is 1. The van der Waals surface area contributed by atoms with Gasteiger partial charge in [0.05, 0.1) is 12.3 Å². The Balaban J connectivity index is 1.91. The van der Waals surface area contributed by atoms with Crippen molar-refractivity contribution in [2.45, 2.75) is 17.8 Å². The highest BCUT2D eigenvalue weighted by Gasteiger charge is 2.20. The van der Waals surface area contributed by atoms with Crippen LogP contribution in [0.2, 0.25) is 0 Å². The van der Waals surface area contributed by atoms with Crippen LogP contribution in [0.5, 0.6) is 5.75 Å². The number of aryl methyl sites for hydroxylation is 1. The molecule has 0 radical (unpaired) electrons. The molecule has 1 atom stereocenters. The number of H-pyrrole nitrogens is 1. The van der Waals surface area contributed by atoms with Crippen LogP contribution in [0.25, 0.3) is 11.2 Å². The summed E-state index contributed by atoms with van der Waals surface area (Å²) in [6.07, 6.45) is -0.970. The summed E-state index contributed by atoms with van der Waals surface area (Å²) in [5.41, 5.74) is 4.22. The Morgan fingerprint density at radius 1 is 1.36 bits per heavy atom. The van der Waals surface area contributed by atoms with Crippen LogP contribution in [-0.4, -0.2) is 48.6 Å². The van der Waals surface area contributed by atoms with E-state index in [4.69, 9.17) is 10.5 Å². The molecule has 2 heterocycles. The van der Waals surface area contributed by atoms with Gasteiger partial charge in [0.1, 0.15) is 18.5 Å². The second kappa shape index (κ2) is 8.31. The summed E-state index contributed by atoms with van der Waals surface area (Å²) in [4.78, 5) is 41.8. The van der Waals surface area contributed by atoms with Gasteiger partial charge in [-0.05, 0) is 12.1 Å². The van der Waals surface area contributed by atoms with E-state index < -0.39 is 23.3 Å². The molecular weight excluding hydrogens is 386 g/mol. The van der Waals surface area contributed by atoms with Crippen molar-refractivity contribution in [3.63, 3.8) is 0 Å². The third-order valence-corrected chi connectivity index (χ3v) is 4.89. The standard InChI is InChI=1S/C17H19N5O5S/c1-21-14-13(15(25)20-16(21)26)22(17(19-14)28-9-12(18)24)7-10(23)8-27-11-5-3-2-4-6-11/h2-6,10,23H,7-9H2,1H3,(H2,18,24)(H,20,25,26). The number of benzene rings is 1. The number of amides is 1. The van der Waals surface area contributed by atoms with Crippen molar-refractivity contribution < 1.29 is 14.6 Å². The zero-order valence-corrected chi connectivity index (χ0v) is 15.8. The SMILES string of the molecule is Cn1c(=O)[nH]c(=O)c2c1nc(SCC(N)=O)n2CC(O)COc1ccccc1. The highest BCUT2D eigenvalue weighted by molar-refractivity contribution is 7.99. The molecule has 2 aromatic heterocycles. The zero-order valence-electron chi connectivity index (χ0n) is 15.0. The summed E-state index contributed by atoms with van der Waals surface area (Å²) in [5, 5.41) is 10.7. The van der Waals surface area contributed by atoms with E-state index in [0.29, 0.717) is 10.9 Å². The maximum Gasteiger partial charge on any atom is 0.329 e. The van der Waals surface area contributed by atoms with Crippen LogP contribution >= 0.6 is 11.8 Å². The lowest BCUT2D eigenvalue weighted by atomic mass is 10.3. The number of para-hydroxylation sites is 1. The summed E-state index contributed by atoms with van der Waals surface area (Å²) in [7, 11) is 1.47. The van der Waals surface area contributed by atoms with Crippen molar-refractivity contribution in [1.82, 2.24) is 19.1 Å². The van der Waals surface area contributed by atoms with Crippen LogP contribution in [0, 0.1) is 0 Å². The Kier molecular flexibility index (Phi) is 5.85. The zero-order chi connectivity index (χ0) is 20.3. The van der Waals surface area contributed by atoms with Gasteiger partial charge in [-0.2, -0.15) is 0 Å². The summed E-state index contributed by atoms with van der Waals surface area (Å²) in [6.45, 7) is -0.0427. The number of fused-ring (bicyclic) bond motifs is 1. The molecule has 3 aromatic rings. The van der Waals surface area contributed by atoms with Gasteiger partial charge in [-0.15, -0.1) is 0 Å². The molecule has 0 aliphatic rings. The van der Waals surface area contributed by atoms with Gasteiger partial charge in [-0.3, -0.25) is 19.1 Å². The number of carbonyl (C=O) groups is 1. The largest absolute Gasteiger partial charge is 0.491 e. The van der Waals surface area contributed by atoms with E-state index in [2.05, 4.69) is 9.97 Å². The van der Waals surface area contributed by atoms with Crippen molar-refractivity contribution >= 4 is 28.8 Å². The number of aliphatic hydroxyl groups excluding tert-OH is 1.